The largest absolute Gasteiger partial charge is 0.449 e. The van der Waals surface area contributed by atoms with Gasteiger partial charge in [-0.1, -0.05) is 12.1 Å². The zero-order valence-corrected chi connectivity index (χ0v) is 17.0. The molecule has 0 saturated carbocycles. The number of nitriles is 1. The smallest absolute Gasteiger partial charge is 0.338 e. The first-order valence-electron chi connectivity index (χ1n) is 8.77. The number of benzene rings is 2. The summed E-state index contributed by atoms with van der Waals surface area (Å²) >= 11 is 0. The monoisotopic (exact) mass is 415 g/mol. The van der Waals surface area contributed by atoms with Crippen LogP contribution in [-0.2, 0) is 19.6 Å². The zero-order chi connectivity index (χ0) is 21.6. The Balaban J connectivity index is 2.08. The molecule has 2 N–H and O–H groups in total. The highest BCUT2D eigenvalue weighted by atomic mass is 32.2. The molecule has 0 aliphatic heterocycles. The Hall–Kier alpha value is -3.22. The van der Waals surface area contributed by atoms with Crippen molar-refractivity contribution in [1.82, 2.24) is 4.72 Å². The van der Waals surface area contributed by atoms with Crippen molar-refractivity contribution >= 4 is 27.6 Å². The summed E-state index contributed by atoms with van der Waals surface area (Å²) in [7, 11) is -3.77. The van der Waals surface area contributed by atoms with E-state index in [2.05, 4.69) is 10.0 Å². The van der Waals surface area contributed by atoms with Crippen molar-refractivity contribution in [3.8, 4) is 6.07 Å². The van der Waals surface area contributed by atoms with Crippen LogP contribution in [0.15, 0.2) is 53.4 Å². The number of anilines is 1. The molecule has 9 heteroatoms. The molecule has 0 saturated heterocycles. The second kappa shape index (κ2) is 9.32. The molecule has 0 radical (unpaired) electrons. The van der Waals surface area contributed by atoms with Gasteiger partial charge in [0, 0.05) is 11.7 Å². The van der Waals surface area contributed by atoms with Gasteiger partial charge in [0.1, 0.15) is 0 Å². The van der Waals surface area contributed by atoms with Crippen LogP contribution in [0.1, 0.15) is 36.7 Å². The van der Waals surface area contributed by atoms with Crippen LogP contribution in [-0.4, -0.2) is 32.4 Å². The Morgan fingerprint density at radius 3 is 2.41 bits per heavy atom. The molecule has 152 valence electrons. The van der Waals surface area contributed by atoms with E-state index in [1.165, 1.54) is 37.3 Å². The number of hydrogen-bond acceptors (Lipinski definition) is 6. The van der Waals surface area contributed by atoms with Crippen molar-refractivity contribution in [2.45, 2.75) is 37.8 Å². The third-order valence-electron chi connectivity index (χ3n) is 3.68. The van der Waals surface area contributed by atoms with Crippen molar-refractivity contribution in [2.75, 3.05) is 5.32 Å². The second-order valence-electron chi connectivity index (χ2n) is 6.53. The number of nitrogens with zero attached hydrogens (tertiary/aromatic N) is 1. The van der Waals surface area contributed by atoms with Gasteiger partial charge in [-0.2, -0.15) is 5.26 Å². The lowest BCUT2D eigenvalue weighted by Crippen LogP contribution is -2.31. The van der Waals surface area contributed by atoms with Crippen molar-refractivity contribution in [3.05, 3.63) is 59.7 Å². The minimum atomic E-state index is -3.77. The first-order chi connectivity index (χ1) is 13.6. The number of nitrogens with one attached hydrogen (secondary N) is 2. The van der Waals surface area contributed by atoms with Gasteiger partial charge in [0.2, 0.25) is 10.0 Å². The maximum absolute atomic E-state index is 12.4. The summed E-state index contributed by atoms with van der Waals surface area (Å²) in [4.78, 5) is 24.5. The average molecular weight is 415 g/mol. The van der Waals surface area contributed by atoms with E-state index in [0.29, 0.717) is 11.3 Å². The normalized spacial score (nSPS) is 12.1. The fourth-order valence-corrected chi connectivity index (χ4v) is 3.66. The molecule has 0 aliphatic carbocycles. The molecule has 8 nitrogen and oxygen atoms in total. The average Bonchev–Trinajstić information content (AvgIpc) is 2.67. The molecule has 2 aromatic rings. The lowest BCUT2D eigenvalue weighted by Gasteiger charge is -2.14. The maximum atomic E-state index is 12.4. The minimum Gasteiger partial charge on any atom is -0.449 e. The molecule has 0 aromatic heterocycles. The van der Waals surface area contributed by atoms with E-state index in [-0.39, 0.29) is 16.5 Å². The quantitative estimate of drug-likeness (QED) is 0.669. The highest BCUT2D eigenvalue weighted by Gasteiger charge is 2.21. The van der Waals surface area contributed by atoms with Crippen LogP contribution in [0.3, 0.4) is 0 Å². The Bertz CT molecular complexity index is 1060. The molecular formula is C20H21N3O5S. The molecule has 2 rings (SSSR count). The van der Waals surface area contributed by atoms with E-state index < -0.39 is 28.0 Å². The SMILES string of the molecule is CC(C)NS(=O)(=O)c1cccc(C(=O)O[C@@H](C)C(=O)Nc2cccc(C#N)c2)c1. The molecule has 2 aromatic carbocycles. The standard InChI is InChI=1S/C20H21N3O5S/c1-13(2)23-29(26,27)18-9-5-7-16(11-18)20(25)28-14(3)19(24)22-17-8-4-6-15(10-17)12-21/h4-11,13-14,23H,1-3H3,(H,22,24)/t14-/m0/s1. The van der Waals surface area contributed by atoms with E-state index in [1.807, 2.05) is 6.07 Å². The summed E-state index contributed by atoms with van der Waals surface area (Å²) < 4.78 is 32.1. The number of sulfonamides is 1. The highest BCUT2D eigenvalue weighted by molar-refractivity contribution is 7.89. The summed E-state index contributed by atoms with van der Waals surface area (Å²) in [5, 5.41) is 11.5. The number of carbonyl (C=O) groups excluding carboxylic acids is 2. The summed E-state index contributed by atoms with van der Waals surface area (Å²) in [6, 6.07) is 13.3. The van der Waals surface area contributed by atoms with Gasteiger partial charge < -0.3 is 10.1 Å². The molecule has 0 bridgehead atoms. The Kier molecular flexibility index (Phi) is 7.09. The molecule has 0 heterocycles. The molecular weight excluding hydrogens is 394 g/mol. The predicted molar refractivity (Wildman–Crippen MR) is 107 cm³/mol. The maximum Gasteiger partial charge on any atom is 0.338 e. The van der Waals surface area contributed by atoms with E-state index >= 15 is 0 Å². The van der Waals surface area contributed by atoms with Crippen LogP contribution in [0.4, 0.5) is 5.69 Å². The number of rotatable bonds is 7. The van der Waals surface area contributed by atoms with Crippen LogP contribution in [0, 0.1) is 11.3 Å². The summed E-state index contributed by atoms with van der Waals surface area (Å²) in [6.45, 7) is 4.76. The Morgan fingerprint density at radius 2 is 1.76 bits per heavy atom. The highest BCUT2D eigenvalue weighted by Crippen LogP contribution is 2.15. The van der Waals surface area contributed by atoms with Crippen molar-refractivity contribution in [3.63, 3.8) is 0 Å². The van der Waals surface area contributed by atoms with Gasteiger partial charge in [-0.25, -0.2) is 17.9 Å². The fraction of sp³-hybridized carbons (Fsp3) is 0.250. The van der Waals surface area contributed by atoms with Gasteiger partial charge in [-0.05, 0) is 57.2 Å². The third-order valence-corrected chi connectivity index (χ3v) is 5.34. The first kappa shape index (κ1) is 22.1. The number of hydrogen-bond donors (Lipinski definition) is 2. The van der Waals surface area contributed by atoms with Crippen LogP contribution < -0.4 is 10.0 Å². The minimum absolute atomic E-state index is 0.00255. The van der Waals surface area contributed by atoms with Gasteiger partial charge in [0.25, 0.3) is 5.91 Å². The van der Waals surface area contributed by atoms with Crippen LogP contribution in [0.25, 0.3) is 0 Å². The Labute approximate surface area is 169 Å². The van der Waals surface area contributed by atoms with Crippen molar-refractivity contribution in [1.29, 1.82) is 5.26 Å². The fourth-order valence-electron chi connectivity index (χ4n) is 2.36. The van der Waals surface area contributed by atoms with Gasteiger partial charge in [-0.3, -0.25) is 4.79 Å². The molecule has 1 amide bonds. The van der Waals surface area contributed by atoms with Crippen molar-refractivity contribution in [2.24, 2.45) is 0 Å². The van der Waals surface area contributed by atoms with Gasteiger partial charge in [0.15, 0.2) is 6.10 Å². The molecule has 0 fully saturated rings. The number of carbonyl (C=O) groups is 2. The first-order valence-corrected chi connectivity index (χ1v) is 10.2. The number of amides is 1. The van der Waals surface area contributed by atoms with Crippen LogP contribution in [0.5, 0.6) is 0 Å². The number of esters is 1. The molecule has 0 aliphatic rings. The lowest BCUT2D eigenvalue weighted by atomic mass is 10.2. The topological polar surface area (TPSA) is 125 Å². The third kappa shape index (κ3) is 6.14. The lowest BCUT2D eigenvalue weighted by molar-refractivity contribution is -0.123. The Morgan fingerprint density at radius 1 is 1.07 bits per heavy atom. The van der Waals surface area contributed by atoms with E-state index in [1.54, 1.807) is 32.0 Å². The van der Waals surface area contributed by atoms with E-state index in [9.17, 15) is 18.0 Å². The molecule has 0 spiro atoms. The van der Waals surface area contributed by atoms with Crippen LogP contribution in [0.2, 0.25) is 0 Å². The van der Waals surface area contributed by atoms with Crippen LogP contribution >= 0.6 is 0 Å². The van der Waals surface area contributed by atoms with Crippen molar-refractivity contribution < 1.29 is 22.7 Å². The van der Waals surface area contributed by atoms with E-state index in [0.717, 1.165) is 0 Å². The summed E-state index contributed by atoms with van der Waals surface area (Å²) in [6.07, 6.45) is -1.14. The predicted octanol–water partition coefficient (Wildman–Crippen LogP) is 2.43. The number of ether oxygens (including phenoxy) is 1. The second-order valence-corrected chi connectivity index (χ2v) is 8.25. The molecule has 0 unspecified atom stereocenters. The summed E-state index contributed by atoms with van der Waals surface area (Å²) in [5.74, 6) is -1.42. The van der Waals surface area contributed by atoms with Gasteiger partial charge in [-0.15, -0.1) is 0 Å². The van der Waals surface area contributed by atoms with Gasteiger partial charge in [0.05, 0.1) is 22.1 Å². The van der Waals surface area contributed by atoms with Gasteiger partial charge >= 0.3 is 5.97 Å². The summed E-state index contributed by atoms with van der Waals surface area (Å²) in [5.41, 5.74) is 0.771. The van der Waals surface area contributed by atoms with E-state index in [4.69, 9.17) is 10.00 Å². The molecule has 29 heavy (non-hydrogen) atoms. The molecule has 1 atom stereocenters. The zero-order valence-electron chi connectivity index (χ0n) is 16.2.